The second kappa shape index (κ2) is 36.7. The van der Waals surface area contributed by atoms with Gasteiger partial charge in [0.2, 0.25) is 0 Å². The van der Waals surface area contributed by atoms with Crippen LogP contribution in [0.5, 0.6) is 0 Å². The molecule has 0 rings (SSSR count). The zero-order chi connectivity index (χ0) is 0. The summed E-state index contributed by atoms with van der Waals surface area (Å²) in [5.41, 5.74) is 0. The van der Waals surface area contributed by atoms with Crippen molar-refractivity contribution < 1.29 is 69.6 Å². The average molecular weight is 463 g/mol. The Morgan fingerprint density at radius 1 is 1.00 bits per heavy atom. The molecule has 0 aromatic heterocycles. The maximum atomic E-state index is 0. The summed E-state index contributed by atoms with van der Waals surface area (Å²) in [6.45, 7) is 0. The van der Waals surface area contributed by atoms with Crippen molar-refractivity contribution in [3.05, 3.63) is 0 Å². The van der Waals surface area contributed by atoms with E-state index in [2.05, 4.69) is 0 Å². The van der Waals surface area contributed by atoms with Crippen LogP contribution < -0.4 is 0 Å². The molecule has 0 N–H and O–H groups in total. The molecule has 0 heterocycles. The molecule has 0 amide bonds. The maximum Gasteiger partial charge on any atom is 0 e. The summed E-state index contributed by atoms with van der Waals surface area (Å²) in [5.74, 6) is 0. The molecule has 0 unspecified atom stereocenters. The molecule has 0 atom stereocenters. The predicted octanol–water partition coefficient (Wildman–Crippen LogP) is -3.56. The monoisotopic (exact) mass is 465 g/mol. The van der Waals surface area contributed by atoms with Crippen molar-refractivity contribution in [2.75, 3.05) is 0 Å². The zero-order valence-corrected chi connectivity index (χ0v) is 12.8. The Balaban J connectivity index is 0. The van der Waals surface area contributed by atoms with Crippen LogP contribution in [0.1, 0.15) is 0 Å². The van der Waals surface area contributed by atoms with E-state index in [-0.39, 0.29) is 122 Å². The van der Waals surface area contributed by atoms with Gasteiger partial charge in [-0.05, 0) is 11.0 Å². The van der Waals surface area contributed by atoms with Crippen LogP contribution in [0.15, 0.2) is 0 Å². The molecule has 0 aliphatic carbocycles. The van der Waals surface area contributed by atoms with Gasteiger partial charge in [-0.1, -0.05) is 0 Å². The molecular weight excluding hydrogens is 454 g/mol. The molecule has 6 heavy (non-hydrogen) atoms. The smallest absolute Gasteiger partial charge is 0 e. The van der Waals surface area contributed by atoms with E-state index in [1.54, 1.807) is 0 Å². The van der Waals surface area contributed by atoms with Crippen LogP contribution in [-0.4, -0.2) is 52.2 Å². The molecule has 0 spiro atoms. The van der Waals surface area contributed by atoms with Crippen molar-refractivity contribution in [2.45, 2.75) is 0 Å². The summed E-state index contributed by atoms with van der Waals surface area (Å²) >= 11 is 0. The molecule has 0 bridgehead atoms. The summed E-state index contributed by atoms with van der Waals surface area (Å²) in [4.78, 5) is 0. The Bertz CT molecular complexity index is 15.5. The van der Waals surface area contributed by atoms with Crippen molar-refractivity contribution in [2.24, 2.45) is 0 Å². The Kier molecular flexibility index (Phi) is 318. The van der Waals surface area contributed by atoms with E-state index in [1.807, 2.05) is 0 Å². The second-order valence-electron chi connectivity index (χ2n) is 0. The van der Waals surface area contributed by atoms with Crippen molar-refractivity contribution in [3.8, 4) is 0 Å². The van der Waals surface area contributed by atoms with Gasteiger partial charge in [-0.25, -0.2) is 0 Å². The van der Waals surface area contributed by atoms with Crippen molar-refractivity contribution in [3.63, 3.8) is 0 Å². The van der Waals surface area contributed by atoms with E-state index >= 15 is 0 Å². The quantitative estimate of drug-likeness (QED) is 0.327. The first kappa shape index (κ1) is 52.0. The van der Waals surface area contributed by atoms with Gasteiger partial charge in [0.15, 0.2) is 17.4 Å². The van der Waals surface area contributed by atoms with Gasteiger partial charge in [0.05, 0.1) is 0 Å². The molecule has 6 heteroatoms. The topological polar surface area (TPSA) is 0 Å². The minimum absolute atomic E-state index is 0. The minimum atomic E-state index is 0. The molecule has 0 saturated heterocycles. The van der Waals surface area contributed by atoms with Crippen LogP contribution >= 0.6 is 0 Å². The number of rotatable bonds is 0. The first-order valence-electron chi connectivity index (χ1n) is 0. The standard InChI is InChI=1S/Al.Mo.Nb.H4Si.Sn.Zr.5H/h;;;1H4;;;;;;;. The Labute approximate surface area is 119 Å². The summed E-state index contributed by atoms with van der Waals surface area (Å²) in [6.07, 6.45) is 0. The third kappa shape index (κ3) is 24.8. The van der Waals surface area contributed by atoms with Crippen LogP contribution in [0.2, 0.25) is 0 Å². The number of hydrogen-bond acceptors (Lipinski definition) is 0. The Hall–Kier alpha value is 3.86. The summed E-state index contributed by atoms with van der Waals surface area (Å²) in [5, 5.41) is 0. The third-order valence-electron chi connectivity index (χ3n) is 0. The average Bonchev–Trinajstić information content (AvgIpc) is 0. The third-order valence-corrected chi connectivity index (χ3v) is 0. The molecule has 0 nitrogen and oxygen atoms in total. The van der Waals surface area contributed by atoms with Crippen LogP contribution in [0.4, 0.5) is 0 Å². The SMILES string of the molecule is [AlH3].[Mo].[Nb].[SiH4].[SnH2].[Zr]. The summed E-state index contributed by atoms with van der Waals surface area (Å²) in [6, 6.07) is 0. The van der Waals surface area contributed by atoms with E-state index in [0.717, 1.165) is 0 Å². The Morgan fingerprint density at radius 3 is 1.00 bits per heavy atom. The van der Waals surface area contributed by atoms with Gasteiger partial charge < -0.3 is 0 Å². The molecule has 0 aromatic carbocycles. The maximum absolute atomic E-state index is 0. The van der Waals surface area contributed by atoms with Gasteiger partial charge >= 0.3 is 23.9 Å². The molecule has 0 saturated carbocycles. The first-order chi connectivity index (χ1) is 0. The van der Waals surface area contributed by atoms with Crippen LogP contribution in [-0.2, 0) is 69.6 Å². The van der Waals surface area contributed by atoms with E-state index in [4.69, 9.17) is 0 Å². The largest absolute Gasteiger partial charge is 0 e. The normalized spacial score (nSPS) is 0. The van der Waals surface area contributed by atoms with Crippen LogP contribution in [0, 0.1) is 0 Å². The Morgan fingerprint density at radius 2 is 1.00 bits per heavy atom. The van der Waals surface area contributed by atoms with E-state index in [9.17, 15) is 0 Å². The second-order valence-corrected chi connectivity index (χ2v) is 0. The number of hydrogen-bond donors (Lipinski definition) is 0. The molecule has 0 aliphatic rings. The van der Waals surface area contributed by atoms with Crippen LogP contribution in [0.25, 0.3) is 0 Å². The van der Waals surface area contributed by atoms with Gasteiger partial charge in [0.1, 0.15) is 0 Å². The zero-order valence-electron chi connectivity index (χ0n) is 2.06. The van der Waals surface area contributed by atoms with E-state index in [0.29, 0.717) is 0 Å². The minimum Gasteiger partial charge on any atom is 0 e. The van der Waals surface area contributed by atoms with Gasteiger partial charge in [0.25, 0.3) is 0 Å². The molecular formula is H9AlMoNbSiSnZr. The van der Waals surface area contributed by atoms with Gasteiger partial charge in [0, 0.05) is 69.6 Å². The van der Waals surface area contributed by atoms with Crippen molar-refractivity contribution in [1.29, 1.82) is 0 Å². The molecule has 0 aromatic rings. The fraction of sp³-hybridized carbons (Fsp3) is 0. The molecule has 35 valence electrons. The molecule has 0 aliphatic heterocycles. The molecule has 3 radical (unpaired) electrons. The van der Waals surface area contributed by atoms with E-state index in [1.165, 1.54) is 0 Å². The van der Waals surface area contributed by atoms with Crippen LogP contribution in [0.3, 0.4) is 0 Å². The first-order valence-corrected chi connectivity index (χ1v) is 0. The fourth-order valence-corrected chi connectivity index (χ4v) is 0. The predicted molar refractivity (Wildman–Crippen MR) is 29.8 cm³/mol. The van der Waals surface area contributed by atoms with Gasteiger partial charge in [-0.15, -0.1) is 0 Å². The van der Waals surface area contributed by atoms with E-state index < -0.39 is 0 Å². The van der Waals surface area contributed by atoms with Crippen molar-refractivity contribution in [1.82, 2.24) is 0 Å². The van der Waals surface area contributed by atoms with Gasteiger partial charge in [-0.2, -0.15) is 0 Å². The molecule has 0 fully saturated rings. The summed E-state index contributed by atoms with van der Waals surface area (Å²) in [7, 11) is 0. The fourth-order valence-electron chi connectivity index (χ4n) is 0. The van der Waals surface area contributed by atoms with Gasteiger partial charge in [-0.3, -0.25) is 0 Å². The summed E-state index contributed by atoms with van der Waals surface area (Å²) < 4.78 is 0. The van der Waals surface area contributed by atoms with Crippen molar-refractivity contribution >= 4 is 52.2 Å².